The molecule has 1 aromatic heterocycles. The molecule has 0 aliphatic heterocycles. The van der Waals surface area contributed by atoms with Crippen LogP contribution in [0.1, 0.15) is 20.3 Å². The monoisotopic (exact) mass is 404 g/mol. The Labute approximate surface area is 178 Å². The molecule has 1 heterocycles. The molecule has 2 N–H and O–H groups in total. The Balaban J connectivity index is 2.13. The maximum atomic E-state index is 9.96. The standard InChI is InChI=1S/C25H28N2O3/c1-5-13-30-23-10-8-7-9-20(23)19-14-21(27-25(16-19)26-17(3)6-2)18-11-12-22(28)24(15-18)29-4/h5,7-12,14-17,28H,1,6,13H2,2-4H3,(H,26,27). The average Bonchev–Trinajstić information content (AvgIpc) is 2.77. The highest BCUT2D eigenvalue weighted by Gasteiger charge is 2.13. The zero-order valence-corrected chi connectivity index (χ0v) is 17.7. The van der Waals surface area contributed by atoms with Crippen LogP contribution in [0.3, 0.4) is 0 Å². The molecule has 0 saturated heterocycles. The fourth-order valence-corrected chi connectivity index (χ4v) is 3.08. The molecule has 0 radical (unpaired) electrons. The third-order valence-electron chi connectivity index (χ3n) is 4.86. The Kier molecular flexibility index (Phi) is 6.96. The van der Waals surface area contributed by atoms with Gasteiger partial charge in [0.15, 0.2) is 11.5 Å². The van der Waals surface area contributed by atoms with E-state index in [9.17, 15) is 5.11 Å². The molecule has 0 spiro atoms. The van der Waals surface area contributed by atoms with Crippen molar-refractivity contribution in [2.75, 3.05) is 19.0 Å². The van der Waals surface area contributed by atoms with Gasteiger partial charge in [-0.2, -0.15) is 0 Å². The molecular weight excluding hydrogens is 376 g/mol. The van der Waals surface area contributed by atoms with Gasteiger partial charge in [0.1, 0.15) is 18.2 Å². The lowest BCUT2D eigenvalue weighted by Gasteiger charge is -2.17. The minimum absolute atomic E-state index is 0.0959. The number of nitrogens with zero attached hydrogens (tertiary/aromatic N) is 1. The number of rotatable bonds is 9. The molecule has 3 aromatic rings. The topological polar surface area (TPSA) is 63.6 Å². The molecule has 2 aromatic carbocycles. The fraction of sp³-hybridized carbons (Fsp3) is 0.240. The van der Waals surface area contributed by atoms with Gasteiger partial charge in [-0.1, -0.05) is 37.8 Å². The number of phenolic OH excluding ortho intramolecular Hbond substituents is 1. The molecule has 0 saturated carbocycles. The van der Waals surface area contributed by atoms with E-state index >= 15 is 0 Å². The highest BCUT2D eigenvalue weighted by molar-refractivity contribution is 5.78. The molecule has 0 bridgehead atoms. The number of para-hydroxylation sites is 1. The second-order valence-corrected chi connectivity index (χ2v) is 7.06. The molecule has 5 heteroatoms. The van der Waals surface area contributed by atoms with Gasteiger partial charge in [0.05, 0.1) is 12.8 Å². The van der Waals surface area contributed by atoms with Gasteiger partial charge < -0.3 is 19.9 Å². The minimum atomic E-state index is 0.0959. The van der Waals surface area contributed by atoms with Crippen molar-refractivity contribution in [3.05, 3.63) is 67.3 Å². The van der Waals surface area contributed by atoms with Gasteiger partial charge in [-0.05, 0) is 55.3 Å². The van der Waals surface area contributed by atoms with Crippen LogP contribution in [0, 0.1) is 0 Å². The Morgan fingerprint density at radius 2 is 1.90 bits per heavy atom. The third-order valence-corrected chi connectivity index (χ3v) is 4.86. The highest BCUT2D eigenvalue weighted by Crippen LogP contribution is 2.36. The molecule has 0 amide bonds. The quantitative estimate of drug-likeness (QED) is 0.434. The second-order valence-electron chi connectivity index (χ2n) is 7.06. The summed E-state index contributed by atoms with van der Waals surface area (Å²) in [6, 6.07) is 17.5. The first-order valence-corrected chi connectivity index (χ1v) is 10.0. The van der Waals surface area contributed by atoms with Crippen LogP contribution in [0.5, 0.6) is 17.2 Å². The molecule has 1 atom stereocenters. The van der Waals surface area contributed by atoms with E-state index in [0.717, 1.165) is 40.4 Å². The number of benzene rings is 2. The number of phenols is 1. The van der Waals surface area contributed by atoms with E-state index < -0.39 is 0 Å². The van der Waals surface area contributed by atoms with Crippen molar-refractivity contribution in [1.82, 2.24) is 4.98 Å². The Bertz CT molecular complexity index is 1020. The summed E-state index contributed by atoms with van der Waals surface area (Å²) < 4.78 is 11.1. The summed E-state index contributed by atoms with van der Waals surface area (Å²) in [5.41, 5.74) is 3.58. The number of ether oxygens (including phenoxy) is 2. The minimum Gasteiger partial charge on any atom is -0.504 e. The van der Waals surface area contributed by atoms with E-state index in [4.69, 9.17) is 14.5 Å². The number of aromatic nitrogens is 1. The second kappa shape index (κ2) is 9.83. The van der Waals surface area contributed by atoms with E-state index in [0.29, 0.717) is 12.4 Å². The van der Waals surface area contributed by atoms with Crippen LogP contribution in [0.4, 0.5) is 5.82 Å². The average molecular weight is 405 g/mol. The summed E-state index contributed by atoms with van der Waals surface area (Å²) in [5, 5.41) is 13.4. The fourth-order valence-electron chi connectivity index (χ4n) is 3.08. The summed E-state index contributed by atoms with van der Waals surface area (Å²) in [6.07, 6.45) is 2.71. The van der Waals surface area contributed by atoms with Crippen molar-refractivity contribution in [2.45, 2.75) is 26.3 Å². The SMILES string of the molecule is C=CCOc1ccccc1-c1cc(NC(C)CC)nc(-c2ccc(O)c(OC)c2)c1. The lowest BCUT2D eigenvalue weighted by molar-refractivity contribution is 0.365. The van der Waals surface area contributed by atoms with Gasteiger partial charge in [0.2, 0.25) is 0 Å². The maximum absolute atomic E-state index is 9.96. The van der Waals surface area contributed by atoms with Crippen molar-refractivity contribution in [2.24, 2.45) is 0 Å². The summed E-state index contributed by atoms with van der Waals surface area (Å²) >= 11 is 0. The number of aromatic hydroxyl groups is 1. The molecule has 0 aliphatic carbocycles. The van der Waals surface area contributed by atoms with Crippen LogP contribution in [0.15, 0.2) is 67.3 Å². The smallest absolute Gasteiger partial charge is 0.161 e. The van der Waals surface area contributed by atoms with Gasteiger partial charge in [-0.15, -0.1) is 0 Å². The van der Waals surface area contributed by atoms with Gasteiger partial charge in [-0.25, -0.2) is 4.98 Å². The first kappa shape index (κ1) is 21.2. The van der Waals surface area contributed by atoms with Crippen molar-refractivity contribution in [3.8, 4) is 39.6 Å². The van der Waals surface area contributed by atoms with Crippen molar-refractivity contribution < 1.29 is 14.6 Å². The van der Waals surface area contributed by atoms with Crippen LogP contribution in [0.25, 0.3) is 22.4 Å². The number of anilines is 1. The summed E-state index contributed by atoms with van der Waals surface area (Å²) in [4.78, 5) is 4.81. The normalized spacial score (nSPS) is 11.6. The molecule has 0 fully saturated rings. The van der Waals surface area contributed by atoms with Gasteiger partial charge >= 0.3 is 0 Å². The Morgan fingerprint density at radius 1 is 1.10 bits per heavy atom. The largest absolute Gasteiger partial charge is 0.504 e. The first-order valence-electron chi connectivity index (χ1n) is 10.0. The van der Waals surface area contributed by atoms with Crippen LogP contribution in [0.2, 0.25) is 0 Å². The number of pyridine rings is 1. The molecule has 30 heavy (non-hydrogen) atoms. The van der Waals surface area contributed by atoms with E-state index in [1.165, 1.54) is 7.11 Å². The highest BCUT2D eigenvalue weighted by atomic mass is 16.5. The van der Waals surface area contributed by atoms with Crippen LogP contribution >= 0.6 is 0 Å². The Hall–Kier alpha value is -3.47. The van der Waals surface area contributed by atoms with Crippen molar-refractivity contribution >= 4 is 5.82 Å². The number of hydrogen-bond donors (Lipinski definition) is 2. The van der Waals surface area contributed by atoms with Crippen LogP contribution < -0.4 is 14.8 Å². The number of nitrogens with one attached hydrogen (secondary N) is 1. The molecular formula is C25H28N2O3. The van der Waals surface area contributed by atoms with E-state index in [2.05, 4.69) is 25.7 Å². The molecule has 0 aliphatic rings. The Morgan fingerprint density at radius 3 is 2.63 bits per heavy atom. The number of hydrogen-bond acceptors (Lipinski definition) is 5. The van der Waals surface area contributed by atoms with E-state index in [-0.39, 0.29) is 11.8 Å². The predicted octanol–water partition coefficient (Wildman–Crippen LogP) is 5.91. The molecule has 3 rings (SSSR count). The van der Waals surface area contributed by atoms with Gasteiger partial charge in [0.25, 0.3) is 0 Å². The van der Waals surface area contributed by atoms with Crippen LogP contribution in [-0.4, -0.2) is 29.8 Å². The summed E-state index contributed by atoms with van der Waals surface area (Å²) in [5.74, 6) is 2.07. The first-order chi connectivity index (χ1) is 14.5. The summed E-state index contributed by atoms with van der Waals surface area (Å²) in [7, 11) is 1.53. The van der Waals surface area contributed by atoms with E-state index in [1.54, 1.807) is 18.2 Å². The van der Waals surface area contributed by atoms with Gasteiger partial charge in [-0.3, -0.25) is 0 Å². The molecule has 5 nitrogen and oxygen atoms in total. The zero-order valence-electron chi connectivity index (χ0n) is 17.7. The molecule has 1 unspecified atom stereocenters. The number of methoxy groups -OCH3 is 1. The predicted molar refractivity (Wildman–Crippen MR) is 122 cm³/mol. The third kappa shape index (κ3) is 4.92. The molecule has 156 valence electrons. The lowest BCUT2D eigenvalue weighted by atomic mass is 10.0. The van der Waals surface area contributed by atoms with Gasteiger partial charge in [0, 0.05) is 17.2 Å². The maximum Gasteiger partial charge on any atom is 0.161 e. The summed E-state index contributed by atoms with van der Waals surface area (Å²) in [6.45, 7) is 8.42. The van der Waals surface area contributed by atoms with Crippen molar-refractivity contribution in [1.29, 1.82) is 0 Å². The van der Waals surface area contributed by atoms with Crippen LogP contribution in [-0.2, 0) is 0 Å². The lowest BCUT2D eigenvalue weighted by Crippen LogP contribution is -2.14. The van der Waals surface area contributed by atoms with Crippen molar-refractivity contribution in [3.63, 3.8) is 0 Å². The zero-order chi connectivity index (χ0) is 21.5. The van der Waals surface area contributed by atoms with E-state index in [1.807, 2.05) is 42.5 Å².